The molecule has 3 rings (SSSR count). The summed E-state index contributed by atoms with van der Waals surface area (Å²) in [5.41, 5.74) is 0.869. The van der Waals surface area contributed by atoms with Crippen molar-refractivity contribution in [3.8, 4) is 11.9 Å². The van der Waals surface area contributed by atoms with Crippen LogP contribution in [0.15, 0.2) is 4.47 Å². The third kappa shape index (κ3) is 2.46. The van der Waals surface area contributed by atoms with Gasteiger partial charge in [0, 0.05) is 0 Å². The monoisotopic (exact) mass is 312 g/mol. The number of hydrogen-bond donors (Lipinski definition) is 0. The molecule has 98 valence electrons. The average molecular weight is 313 g/mol. The Morgan fingerprint density at radius 2 is 1.61 bits per heavy atom. The van der Waals surface area contributed by atoms with Crippen LogP contribution in [-0.4, -0.2) is 22.2 Å². The molecule has 0 bridgehead atoms. The zero-order valence-corrected chi connectivity index (χ0v) is 12.1. The summed E-state index contributed by atoms with van der Waals surface area (Å²) >= 11 is 3.49. The van der Waals surface area contributed by atoms with Crippen molar-refractivity contribution in [3.05, 3.63) is 10.2 Å². The number of hydrogen-bond acceptors (Lipinski definition) is 4. The highest BCUT2D eigenvalue weighted by atomic mass is 79.9. The number of aromatic nitrogens is 2. The van der Waals surface area contributed by atoms with Crippen LogP contribution in [0.25, 0.3) is 0 Å². The van der Waals surface area contributed by atoms with Crippen molar-refractivity contribution in [2.45, 2.75) is 57.7 Å². The minimum atomic E-state index is 0.294. The Hall–Kier alpha value is -0.840. The molecule has 0 amide bonds. The minimum absolute atomic E-state index is 0.294. The Bertz CT molecular complexity index is 445. The Balaban J connectivity index is 1.76. The van der Waals surface area contributed by atoms with E-state index in [1.54, 1.807) is 0 Å². The van der Waals surface area contributed by atoms with Gasteiger partial charge in [0.2, 0.25) is 5.88 Å². The fourth-order valence-corrected chi connectivity index (χ4v) is 2.19. The van der Waals surface area contributed by atoms with Crippen LogP contribution in [0.5, 0.6) is 11.9 Å². The van der Waals surface area contributed by atoms with Crippen molar-refractivity contribution in [2.24, 2.45) is 0 Å². The maximum absolute atomic E-state index is 5.86. The molecule has 1 aromatic heterocycles. The second-order valence-electron chi connectivity index (χ2n) is 5.05. The smallest absolute Gasteiger partial charge is 0.320 e. The van der Waals surface area contributed by atoms with Gasteiger partial charge in [0.15, 0.2) is 0 Å². The highest BCUT2D eigenvalue weighted by Crippen LogP contribution is 2.33. The van der Waals surface area contributed by atoms with E-state index in [-0.39, 0.29) is 0 Å². The summed E-state index contributed by atoms with van der Waals surface area (Å²) < 4.78 is 12.4. The molecule has 2 fully saturated rings. The Kier molecular flexibility index (Phi) is 3.41. The van der Waals surface area contributed by atoms with Gasteiger partial charge in [-0.05, 0) is 61.4 Å². The molecule has 2 saturated carbocycles. The molecule has 4 nitrogen and oxygen atoms in total. The molecule has 0 atom stereocenters. The molecule has 1 heterocycles. The fraction of sp³-hybridized carbons (Fsp3) is 0.692. The van der Waals surface area contributed by atoms with Gasteiger partial charge in [-0.25, -0.2) is 0 Å². The first-order valence-corrected chi connectivity index (χ1v) is 7.39. The third-order valence-corrected chi connectivity index (χ3v) is 4.53. The molecule has 0 aliphatic heterocycles. The lowest BCUT2D eigenvalue weighted by Gasteiger charge is -2.28. The van der Waals surface area contributed by atoms with Crippen molar-refractivity contribution >= 4 is 15.9 Å². The average Bonchev–Trinajstić information content (AvgIpc) is 2.23. The molecular formula is C13H17BrN2O2. The lowest BCUT2D eigenvalue weighted by molar-refractivity contribution is 0.0954. The topological polar surface area (TPSA) is 44.2 Å². The van der Waals surface area contributed by atoms with Crippen LogP contribution >= 0.6 is 15.9 Å². The van der Waals surface area contributed by atoms with Gasteiger partial charge in [0.1, 0.15) is 16.7 Å². The number of halogens is 1. The number of aryl methyl sites for hydroxylation is 1. The molecule has 0 unspecified atom stereocenters. The normalized spacial score (nSPS) is 20.1. The van der Waals surface area contributed by atoms with Crippen LogP contribution in [0.2, 0.25) is 0 Å². The molecule has 2 aliphatic carbocycles. The lowest BCUT2D eigenvalue weighted by atomic mass is 9.96. The molecule has 0 N–H and O–H groups in total. The molecule has 2 aliphatic rings. The van der Waals surface area contributed by atoms with Crippen molar-refractivity contribution in [1.82, 2.24) is 9.97 Å². The second-order valence-corrected chi connectivity index (χ2v) is 5.85. The van der Waals surface area contributed by atoms with Gasteiger partial charge < -0.3 is 9.47 Å². The molecule has 0 radical (unpaired) electrons. The molecule has 1 aromatic rings. The second kappa shape index (κ2) is 5.03. The van der Waals surface area contributed by atoms with E-state index in [0.29, 0.717) is 24.1 Å². The zero-order valence-electron chi connectivity index (χ0n) is 10.5. The van der Waals surface area contributed by atoms with Crippen LogP contribution in [0, 0.1) is 6.92 Å². The van der Waals surface area contributed by atoms with Crippen LogP contribution in [0.3, 0.4) is 0 Å². The maximum Gasteiger partial charge on any atom is 0.320 e. The van der Waals surface area contributed by atoms with Gasteiger partial charge in [0.05, 0.1) is 5.69 Å². The first-order valence-electron chi connectivity index (χ1n) is 6.60. The predicted molar refractivity (Wildman–Crippen MR) is 71.0 cm³/mol. The quantitative estimate of drug-likeness (QED) is 0.854. The summed E-state index contributed by atoms with van der Waals surface area (Å²) in [5.74, 6) is 0.626. The summed E-state index contributed by atoms with van der Waals surface area (Å²) in [6, 6.07) is 0.453. The van der Waals surface area contributed by atoms with Gasteiger partial charge in [0.25, 0.3) is 0 Å². The van der Waals surface area contributed by atoms with Crippen molar-refractivity contribution in [2.75, 3.05) is 0 Å². The van der Waals surface area contributed by atoms with Gasteiger partial charge >= 0.3 is 6.01 Å². The van der Waals surface area contributed by atoms with E-state index in [1.807, 2.05) is 6.92 Å². The van der Waals surface area contributed by atoms with E-state index >= 15 is 0 Å². The highest BCUT2D eigenvalue weighted by Gasteiger charge is 2.24. The largest absolute Gasteiger partial charge is 0.473 e. The van der Waals surface area contributed by atoms with Gasteiger partial charge in [-0.1, -0.05) is 0 Å². The summed E-state index contributed by atoms with van der Waals surface area (Å²) in [7, 11) is 0. The Labute approximate surface area is 115 Å². The van der Waals surface area contributed by atoms with Crippen LogP contribution < -0.4 is 9.47 Å². The van der Waals surface area contributed by atoms with Crippen LogP contribution in [-0.2, 0) is 0 Å². The molecule has 18 heavy (non-hydrogen) atoms. The van der Waals surface area contributed by atoms with Gasteiger partial charge in [-0.3, -0.25) is 0 Å². The van der Waals surface area contributed by atoms with E-state index in [0.717, 1.165) is 35.8 Å². The number of rotatable bonds is 4. The summed E-state index contributed by atoms with van der Waals surface area (Å²) in [6.45, 7) is 1.94. The maximum atomic E-state index is 5.86. The molecule has 5 heteroatoms. The lowest BCUT2D eigenvalue weighted by Crippen LogP contribution is -2.27. The fourth-order valence-electron chi connectivity index (χ4n) is 1.92. The highest BCUT2D eigenvalue weighted by molar-refractivity contribution is 9.10. The van der Waals surface area contributed by atoms with Crippen LogP contribution in [0.1, 0.15) is 44.2 Å². The molecule has 0 spiro atoms. The van der Waals surface area contributed by atoms with Crippen molar-refractivity contribution in [3.63, 3.8) is 0 Å². The molecule has 0 saturated heterocycles. The molecular weight excluding hydrogens is 296 g/mol. The van der Waals surface area contributed by atoms with E-state index in [1.165, 1.54) is 12.8 Å². The van der Waals surface area contributed by atoms with Gasteiger partial charge in [-0.2, -0.15) is 9.97 Å². The first-order chi connectivity index (χ1) is 8.72. The minimum Gasteiger partial charge on any atom is -0.473 e. The van der Waals surface area contributed by atoms with Crippen LogP contribution in [0.4, 0.5) is 0 Å². The standard InChI is InChI=1S/C13H17BrN2O2/c1-8-11(14)12(17-9-4-2-5-9)16-13(15-8)18-10-6-3-7-10/h9-10H,2-7H2,1H3. The Morgan fingerprint density at radius 1 is 1.00 bits per heavy atom. The van der Waals surface area contributed by atoms with E-state index in [2.05, 4.69) is 25.9 Å². The summed E-state index contributed by atoms with van der Waals surface area (Å²) in [6.07, 6.45) is 7.55. The summed E-state index contributed by atoms with van der Waals surface area (Å²) in [4.78, 5) is 8.72. The van der Waals surface area contributed by atoms with E-state index in [9.17, 15) is 0 Å². The van der Waals surface area contributed by atoms with Crippen molar-refractivity contribution in [1.29, 1.82) is 0 Å². The SMILES string of the molecule is Cc1nc(OC2CCC2)nc(OC2CCC2)c1Br. The van der Waals surface area contributed by atoms with Gasteiger partial charge in [-0.15, -0.1) is 0 Å². The molecule has 0 aromatic carbocycles. The van der Waals surface area contributed by atoms with E-state index in [4.69, 9.17) is 9.47 Å². The van der Waals surface area contributed by atoms with Crippen molar-refractivity contribution < 1.29 is 9.47 Å². The zero-order chi connectivity index (χ0) is 12.5. The van der Waals surface area contributed by atoms with E-state index < -0.39 is 0 Å². The Morgan fingerprint density at radius 3 is 2.17 bits per heavy atom. The first kappa shape index (κ1) is 12.2. The predicted octanol–water partition coefficient (Wildman–Crippen LogP) is 3.41. The third-order valence-electron chi connectivity index (χ3n) is 3.62. The summed E-state index contributed by atoms with van der Waals surface area (Å²) in [5, 5.41) is 0. The number of ether oxygens (including phenoxy) is 2. The number of nitrogens with zero attached hydrogens (tertiary/aromatic N) is 2.